The van der Waals surface area contributed by atoms with Gasteiger partial charge in [0, 0.05) is 0 Å². The van der Waals surface area contributed by atoms with Gasteiger partial charge in [-0.2, -0.15) is 0 Å². The summed E-state index contributed by atoms with van der Waals surface area (Å²) in [5.41, 5.74) is 0. The van der Waals surface area contributed by atoms with Crippen LogP contribution >= 0.6 is 0 Å². The van der Waals surface area contributed by atoms with Crippen molar-refractivity contribution in [3.8, 4) is 0 Å². The number of rotatable bonds is 1. The quantitative estimate of drug-likeness (QED) is 0.419. The predicted octanol–water partition coefficient (Wildman–Crippen LogP) is -0.0538. The third kappa shape index (κ3) is 3930. The molecule has 0 aliphatic rings. The number of hydrogen-bond acceptors (Lipinski definition) is 3. The molecule has 0 fully saturated rings. The first-order valence-corrected chi connectivity index (χ1v) is 2.53. The second-order valence-corrected chi connectivity index (χ2v) is 0.925. The number of carbonyl (C=O) groups excluding carboxylic acids is 3. The molecule has 0 bridgehead atoms. The second-order valence-electron chi connectivity index (χ2n) is 0.443. The van der Waals surface area contributed by atoms with Crippen LogP contribution < -0.4 is 0 Å². The summed E-state index contributed by atoms with van der Waals surface area (Å²) in [6.45, 7) is 16.9. The molecule has 10 heavy (non-hydrogen) atoms. The minimum atomic E-state index is 0.896. The van der Waals surface area contributed by atoms with Crippen molar-refractivity contribution in [2.75, 3.05) is 0 Å². The Morgan fingerprint density at radius 1 is 1.10 bits per heavy atom. The topological polar surface area (TPSA) is 51.2 Å². The monoisotopic (exact) mass is 180 g/mol. The van der Waals surface area contributed by atoms with Gasteiger partial charge in [-0.15, -0.1) is 0 Å². The van der Waals surface area contributed by atoms with Crippen molar-refractivity contribution in [1.29, 1.82) is 0 Å². The Morgan fingerprint density at radius 3 is 1.20 bits per heavy atom. The van der Waals surface area contributed by atoms with Gasteiger partial charge in [0.1, 0.15) is 0 Å². The zero-order valence-corrected chi connectivity index (χ0v) is 6.27. The van der Waals surface area contributed by atoms with E-state index in [2.05, 4.69) is 43.0 Å². The molecule has 0 unspecified atom stereocenters. The van der Waals surface area contributed by atoms with Gasteiger partial charge in [-0.1, -0.05) is 0 Å². The minimum Gasteiger partial charge on any atom is -0.281 e. The molecule has 0 aromatic rings. The van der Waals surface area contributed by atoms with E-state index in [0.717, 1.165) is 5.32 Å². The first-order chi connectivity index (χ1) is 4.91. The van der Waals surface area contributed by atoms with Gasteiger partial charge in [-0.05, 0) is 0 Å². The number of allylic oxidation sites excluding steroid dienone is 1. The third-order valence-electron chi connectivity index (χ3n) is 0.109. The van der Waals surface area contributed by atoms with Gasteiger partial charge in [0.2, 0.25) is 0 Å². The maximum atomic E-state index is 7.50. The summed E-state index contributed by atoms with van der Waals surface area (Å²) < 4.78 is 0. The van der Waals surface area contributed by atoms with Crippen LogP contribution in [0, 0.1) is 0 Å². The molecule has 0 aromatic heterocycles. The average molecular weight is 180 g/mol. The minimum absolute atomic E-state index is 0.896. The molecule has 0 rings (SSSR count). The van der Waals surface area contributed by atoms with E-state index < -0.39 is 0 Å². The molecule has 0 saturated carbocycles. The molecule has 0 aliphatic carbocycles. The van der Waals surface area contributed by atoms with Crippen LogP contribution in [-0.2, 0) is 30.4 Å². The summed E-state index contributed by atoms with van der Waals surface area (Å²) in [6, 6.07) is 0. The molecule has 0 heterocycles. The summed E-state index contributed by atoms with van der Waals surface area (Å²) >= 11 is 3.13. The second kappa shape index (κ2) is 271. The molecule has 0 amide bonds. The molecular weight excluding hydrogens is 175 g/mol. The fourth-order valence-electron chi connectivity index (χ4n) is 0. The van der Waals surface area contributed by atoms with Crippen LogP contribution in [0.3, 0.4) is 0 Å². The van der Waals surface area contributed by atoms with E-state index >= 15 is 0 Å². The maximum absolute atomic E-state index is 7.50. The summed E-state index contributed by atoms with van der Waals surface area (Å²) in [4.78, 5) is 22.5. The van der Waals surface area contributed by atoms with Gasteiger partial charge in [0.05, 0.1) is 0 Å². The zero-order chi connectivity index (χ0) is 9.41. The summed E-state index contributed by atoms with van der Waals surface area (Å²) in [6.07, 6.45) is 1.79. The van der Waals surface area contributed by atoms with E-state index in [1.165, 1.54) is 0 Å². The molecule has 0 N–H and O–H groups in total. The van der Waals surface area contributed by atoms with E-state index in [1.807, 2.05) is 0 Å². The molecule has 54 valence electrons. The van der Waals surface area contributed by atoms with Crippen molar-refractivity contribution in [3.63, 3.8) is 0 Å². The Kier molecular flexibility index (Phi) is 619. The van der Waals surface area contributed by atoms with E-state index in [0.29, 0.717) is 0 Å². The van der Waals surface area contributed by atoms with Crippen LogP contribution in [0.2, 0.25) is 5.32 Å². The van der Waals surface area contributed by atoms with Gasteiger partial charge in [-0.3, -0.25) is 14.4 Å². The first kappa shape index (κ1) is 22.8. The fraction of sp³-hybridized carbons (Fsp3) is 0.167. The van der Waals surface area contributed by atoms with Gasteiger partial charge < -0.3 is 0 Å². The molecule has 4 heteroatoms. The Balaban J connectivity index is -0.0000000262. The Labute approximate surface area is 69.3 Å². The molecule has 6 radical (unpaired) electrons. The molecule has 0 aromatic carbocycles. The van der Waals surface area contributed by atoms with Gasteiger partial charge in [-0.25, -0.2) is 0 Å². The van der Waals surface area contributed by atoms with Crippen molar-refractivity contribution >= 4 is 20.4 Å². The van der Waals surface area contributed by atoms with Crippen LogP contribution in [-0.4, -0.2) is 20.4 Å². The SMILES string of the molecule is C=C[CH2][Mn].[C]=O.[C]=O.[C]=O. The van der Waals surface area contributed by atoms with Gasteiger partial charge in [0.25, 0.3) is 20.4 Å². The van der Waals surface area contributed by atoms with Crippen molar-refractivity contribution in [3.05, 3.63) is 12.7 Å². The largest absolute Gasteiger partial charge is 0.281 e. The molecule has 0 atom stereocenters. The van der Waals surface area contributed by atoms with Crippen molar-refractivity contribution < 1.29 is 30.4 Å². The standard InChI is InChI=1S/C3H5.3CO.Mn/c1-3-2;3*1-2;/h3H,1-2H2;;;;. The number of hydrogen-bond donors (Lipinski definition) is 0. The third-order valence-corrected chi connectivity index (χ3v) is 0.450. The van der Waals surface area contributed by atoms with E-state index in [9.17, 15) is 0 Å². The molecule has 0 saturated heterocycles. The van der Waals surface area contributed by atoms with Crippen molar-refractivity contribution in [2.24, 2.45) is 0 Å². The van der Waals surface area contributed by atoms with E-state index in [1.54, 1.807) is 6.08 Å². The molecule has 0 aliphatic heterocycles. The smallest absolute Gasteiger partial charge is 0.281 e. The molecule has 0 spiro atoms. The average Bonchev–Trinajstić information content (AvgIpc) is 2.14. The van der Waals surface area contributed by atoms with Crippen LogP contribution in [0.1, 0.15) is 0 Å². The summed E-state index contributed by atoms with van der Waals surface area (Å²) in [5, 5.41) is 0.896. The first-order valence-electron chi connectivity index (χ1n) is 1.70. The Bertz CT molecular complexity index is 45.5. The fourth-order valence-corrected chi connectivity index (χ4v) is 0. The zero-order valence-electron chi connectivity index (χ0n) is 5.09. The van der Waals surface area contributed by atoms with E-state index in [4.69, 9.17) is 14.4 Å². The van der Waals surface area contributed by atoms with Crippen molar-refractivity contribution in [1.82, 2.24) is 0 Å². The van der Waals surface area contributed by atoms with Crippen LogP contribution in [0.15, 0.2) is 12.7 Å². The predicted molar refractivity (Wildman–Crippen MR) is 32.1 cm³/mol. The maximum Gasteiger partial charge on any atom is 0.281 e. The van der Waals surface area contributed by atoms with Gasteiger partial charge >= 0.3 is 34.0 Å². The van der Waals surface area contributed by atoms with Gasteiger partial charge in [0.15, 0.2) is 0 Å². The molecular formula is C6H5MnO3. The molecule has 3 nitrogen and oxygen atoms in total. The normalized spacial score (nSPS) is 3.70. The van der Waals surface area contributed by atoms with Crippen molar-refractivity contribution in [2.45, 2.75) is 5.32 Å². The van der Waals surface area contributed by atoms with Crippen LogP contribution in [0.4, 0.5) is 0 Å². The van der Waals surface area contributed by atoms with Crippen LogP contribution in [0.25, 0.3) is 0 Å². The van der Waals surface area contributed by atoms with Crippen LogP contribution in [0.5, 0.6) is 0 Å². The Morgan fingerprint density at radius 2 is 1.20 bits per heavy atom. The summed E-state index contributed by atoms with van der Waals surface area (Å²) in [7, 11) is 0. The Hall–Kier alpha value is -0.731. The van der Waals surface area contributed by atoms with E-state index in [-0.39, 0.29) is 0 Å². The summed E-state index contributed by atoms with van der Waals surface area (Å²) in [5.74, 6) is 0.